The number of imidazole rings is 1. The molecule has 1 saturated carbocycles. The fourth-order valence-corrected chi connectivity index (χ4v) is 2.39. The molecule has 4 nitrogen and oxygen atoms in total. The van der Waals surface area contributed by atoms with Crippen molar-refractivity contribution in [3.05, 3.63) is 18.2 Å². The van der Waals surface area contributed by atoms with Crippen molar-refractivity contribution in [3.63, 3.8) is 0 Å². The first kappa shape index (κ1) is 10.6. The van der Waals surface area contributed by atoms with Gasteiger partial charge in [0.1, 0.15) is 0 Å². The zero-order chi connectivity index (χ0) is 10.7. The highest BCUT2D eigenvalue weighted by atomic mass is 16.5. The fourth-order valence-electron chi connectivity index (χ4n) is 2.39. The molecule has 2 N–H and O–H groups in total. The Morgan fingerprint density at radius 2 is 2.47 bits per heavy atom. The lowest BCUT2D eigenvalue weighted by Crippen LogP contribution is -2.13. The molecule has 0 amide bonds. The molecule has 0 aliphatic heterocycles. The molecule has 1 fully saturated rings. The van der Waals surface area contributed by atoms with E-state index in [2.05, 4.69) is 9.55 Å². The van der Waals surface area contributed by atoms with Crippen LogP contribution in [-0.4, -0.2) is 29.3 Å². The predicted octanol–water partition coefficient (Wildman–Crippen LogP) is 1.12. The highest BCUT2D eigenvalue weighted by Crippen LogP contribution is 2.32. The molecule has 0 radical (unpaired) electrons. The lowest BCUT2D eigenvalue weighted by Gasteiger charge is -2.15. The molecule has 0 saturated heterocycles. The summed E-state index contributed by atoms with van der Waals surface area (Å²) in [5.41, 5.74) is 6.82. The first-order valence-corrected chi connectivity index (χ1v) is 5.58. The zero-order valence-corrected chi connectivity index (χ0v) is 9.22. The molecule has 0 spiro atoms. The largest absolute Gasteiger partial charge is 0.381 e. The summed E-state index contributed by atoms with van der Waals surface area (Å²) >= 11 is 0. The van der Waals surface area contributed by atoms with Crippen LogP contribution in [0, 0.1) is 0 Å². The lowest BCUT2D eigenvalue weighted by atomic mass is 10.2. The average Bonchev–Trinajstić information content (AvgIpc) is 2.85. The second-order valence-electron chi connectivity index (χ2n) is 4.16. The van der Waals surface area contributed by atoms with Crippen LogP contribution in [0.15, 0.2) is 12.5 Å². The second kappa shape index (κ2) is 4.77. The first-order chi connectivity index (χ1) is 7.35. The van der Waals surface area contributed by atoms with Crippen molar-refractivity contribution in [3.8, 4) is 0 Å². The molecular weight excluding hydrogens is 190 g/mol. The maximum absolute atomic E-state index is 5.57. The van der Waals surface area contributed by atoms with E-state index in [1.165, 1.54) is 12.1 Å². The van der Waals surface area contributed by atoms with Crippen molar-refractivity contribution < 1.29 is 4.74 Å². The van der Waals surface area contributed by atoms with E-state index < -0.39 is 0 Å². The quantitative estimate of drug-likeness (QED) is 0.808. The van der Waals surface area contributed by atoms with E-state index in [4.69, 9.17) is 10.5 Å². The zero-order valence-electron chi connectivity index (χ0n) is 9.22. The third-order valence-electron chi connectivity index (χ3n) is 3.23. The predicted molar refractivity (Wildman–Crippen MR) is 58.7 cm³/mol. The molecule has 84 valence electrons. The number of hydrogen-bond acceptors (Lipinski definition) is 3. The van der Waals surface area contributed by atoms with Gasteiger partial charge in [0.05, 0.1) is 12.4 Å². The van der Waals surface area contributed by atoms with Crippen molar-refractivity contribution in [1.82, 2.24) is 9.55 Å². The van der Waals surface area contributed by atoms with E-state index in [0.29, 0.717) is 18.7 Å². The molecule has 2 unspecified atom stereocenters. The Bertz CT molecular complexity index is 311. The van der Waals surface area contributed by atoms with Crippen molar-refractivity contribution in [2.75, 3.05) is 13.7 Å². The Labute approximate surface area is 90.4 Å². The smallest absolute Gasteiger partial charge is 0.0950 e. The summed E-state index contributed by atoms with van der Waals surface area (Å²) in [5, 5.41) is 0. The molecule has 1 aromatic heterocycles. The Kier molecular flexibility index (Phi) is 3.38. The third-order valence-corrected chi connectivity index (χ3v) is 3.23. The van der Waals surface area contributed by atoms with Crippen molar-refractivity contribution in [1.29, 1.82) is 0 Å². The number of hydrogen-bond donors (Lipinski definition) is 1. The van der Waals surface area contributed by atoms with E-state index in [9.17, 15) is 0 Å². The average molecular weight is 209 g/mol. The van der Waals surface area contributed by atoms with E-state index in [0.717, 1.165) is 19.3 Å². The molecule has 1 aliphatic carbocycles. The van der Waals surface area contributed by atoms with Gasteiger partial charge in [-0.3, -0.25) is 0 Å². The van der Waals surface area contributed by atoms with Crippen molar-refractivity contribution >= 4 is 0 Å². The monoisotopic (exact) mass is 209 g/mol. The Balaban J connectivity index is 2.06. The minimum absolute atomic E-state index is 0.420. The number of nitrogens with zero attached hydrogens (tertiary/aromatic N) is 2. The molecule has 0 bridgehead atoms. The number of methoxy groups -OCH3 is 1. The summed E-state index contributed by atoms with van der Waals surface area (Å²) in [6, 6.07) is 0.555. The maximum Gasteiger partial charge on any atom is 0.0950 e. The summed E-state index contributed by atoms with van der Waals surface area (Å²) in [6.45, 7) is 0.687. The highest BCUT2D eigenvalue weighted by Gasteiger charge is 2.26. The van der Waals surface area contributed by atoms with Gasteiger partial charge in [0, 0.05) is 31.5 Å². The molecule has 15 heavy (non-hydrogen) atoms. The molecule has 4 heteroatoms. The van der Waals surface area contributed by atoms with Crippen LogP contribution in [0.4, 0.5) is 0 Å². The van der Waals surface area contributed by atoms with E-state index in [-0.39, 0.29) is 0 Å². The Morgan fingerprint density at radius 3 is 3.13 bits per heavy atom. The van der Waals surface area contributed by atoms with Crippen molar-refractivity contribution in [2.24, 2.45) is 5.73 Å². The van der Waals surface area contributed by atoms with Crippen LogP contribution >= 0.6 is 0 Å². The van der Waals surface area contributed by atoms with Gasteiger partial charge in [-0.15, -0.1) is 0 Å². The van der Waals surface area contributed by atoms with Crippen molar-refractivity contribution in [2.45, 2.75) is 37.8 Å². The van der Waals surface area contributed by atoms with Gasteiger partial charge in [-0.05, 0) is 25.8 Å². The van der Waals surface area contributed by atoms with Crippen LogP contribution in [0.3, 0.4) is 0 Å². The molecule has 2 rings (SSSR count). The number of aromatic nitrogens is 2. The van der Waals surface area contributed by atoms with E-state index in [1.54, 1.807) is 7.11 Å². The van der Waals surface area contributed by atoms with Gasteiger partial charge >= 0.3 is 0 Å². The molecule has 1 heterocycles. The van der Waals surface area contributed by atoms with Gasteiger partial charge in [0.25, 0.3) is 0 Å². The molecular formula is C11H19N3O. The van der Waals surface area contributed by atoms with Gasteiger partial charge in [0.15, 0.2) is 0 Å². The minimum Gasteiger partial charge on any atom is -0.381 e. The highest BCUT2D eigenvalue weighted by molar-refractivity contribution is 5.02. The van der Waals surface area contributed by atoms with E-state index >= 15 is 0 Å². The molecule has 2 atom stereocenters. The third kappa shape index (κ3) is 2.21. The summed E-state index contributed by atoms with van der Waals surface area (Å²) in [7, 11) is 1.79. The van der Waals surface area contributed by atoms with Gasteiger partial charge in [0.2, 0.25) is 0 Å². The number of nitrogens with two attached hydrogens (primary N) is 1. The van der Waals surface area contributed by atoms with Gasteiger partial charge < -0.3 is 15.0 Å². The summed E-state index contributed by atoms with van der Waals surface area (Å²) in [6.07, 6.45) is 8.62. The Morgan fingerprint density at radius 1 is 1.60 bits per heavy atom. The van der Waals surface area contributed by atoms with Crippen LogP contribution in [0.1, 0.15) is 31.0 Å². The standard InChI is InChI=1S/C11H19N3O/c1-15-11-3-2-9(6-11)14-8-13-7-10(14)4-5-12/h7-9,11H,2-6,12H2,1H3. The molecule has 0 aromatic carbocycles. The van der Waals surface area contributed by atoms with Crippen LogP contribution < -0.4 is 5.73 Å². The summed E-state index contributed by atoms with van der Waals surface area (Å²) in [4.78, 5) is 4.20. The SMILES string of the molecule is COC1CCC(n2cncc2CCN)C1. The van der Waals surface area contributed by atoms with Gasteiger partial charge in [-0.1, -0.05) is 0 Å². The summed E-state index contributed by atoms with van der Waals surface area (Å²) < 4.78 is 7.65. The number of rotatable bonds is 4. The fraction of sp³-hybridized carbons (Fsp3) is 0.727. The first-order valence-electron chi connectivity index (χ1n) is 5.58. The van der Waals surface area contributed by atoms with Crippen LogP contribution in [0.25, 0.3) is 0 Å². The second-order valence-corrected chi connectivity index (χ2v) is 4.16. The lowest BCUT2D eigenvalue weighted by molar-refractivity contribution is 0.106. The maximum atomic E-state index is 5.57. The van der Waals surface area contributed by atoms with Crippen LogP contribution in [0.2, 0.25) is 0 Å². The normalized spacial score (nSPS) is 26.0. The van der Waals surface area contributed by atoms with Crippen LogP contribution in [0.5, 0.6) is 0 Å². The minimum atomic E-state index is 0.420. The van der Waals surface area contributed by atoms with Crippen LogP contribution in [-0.2, 0) is 11.2 Å². The molecule has 1 aliphatic rings. The molecule has 1 aromatic rings. The topological polar surface area (TPSA) is 53.1 Å². The summed E-state index contributed by atoms with van der Waals surface area (Å²) in [5.74, 6) is 0. The van der Waals surface area contributed by atoms with E-state index in [1.807, 2.05) is 12.5 Å². The van der Waals surface area contributed by atoms with Gasteiger partial charge in [-0.2, -0.15) is 0 Å². The Hall–Kier alpha value is -0.870. The van der Waals surface area contributed by atoms with Gasteiger partial charge in [-0.25, -0.2) is 4.98 Å². The number of ether oxygens (including phenoxy) is 1.